The smallest absolute Gasteiger partial charge is 0.280 e. The van der Waals surface area contributed by atoms with Gasteiger partial charge in [-0.1, -0.05) is 12.1 Å². The van der Waals surface area contributed by atoms with Crippen LogP contribution in [0.15, 0.2) is 52.2 Å². The molecule has 0 saturated carbocycles. The molecular weight excluding hydrogens is 370 g/mol. The van der Waals surface area contributed by atoms with Crippen molar-refractivity contribution in [1.29, 1.82) is 0 Å². The van der Waals surface area contributed by atoms with E-state index in [4.69, 9.17) is 0 Å². The number of rotatable bonds is 3. The summed E-state index contributed by atoms with van der Waals surface area (Å²) in [6.45, 7) is 5.89. The van der Waals surface area contributed by atoms with Gasteiger partial charge in [-0.25, -0.2) is 14.6 Å². The zero-order valence-corrected chi connectivity index (χ0v) is 16.3. The fourth-order valence-electron chi connectivity index (χ4n) is 3.30. The van der Waals surface area contributed by atoms with Gasteiger partial charge >= 0.3 is 0 Å². The lowest BCUT2D eigenvalue weighted by Gasteiger charge is -2.14. The van der Waals surface area contributed by atoms with E-state index in [1.807, 2.05) is 13.8 Å². The second-order valence-electron chi connectivity index (χ2n) is 6.74. The first-order valence-electron chi connectivity index (χ1n) is 9.21. The minimum atomic E-state index is -0.679. The number of aryl methyl sites for hydroxylation is 3. The van der Waals surface area contributed by atoms with Crippen LogP contribution < -0.4 is 16.4 Å². The molecule has 0 aliphatic carbocycles. The van der Waals surface area contributed by atoms with Crippen molar-refractivity contribution in [2.75, 3.05) is 5.43 Å². The van der Waals surface area contributed by atoms with Crippen LogP contribution in [0.2, 0.25) is 0 Å². The summed E-state index contributed by atoms with van der Waals surface area (Å²) in [7, 11) is 0. The van der Waals surface area contributed by atoms with Crippen molar-refractivity contribution in [2.24, 2.45) is 0 Å². The monoisotopic (exact) mass is 389 g/mol. The van der Waals surface area contributed by atoms with Crippen molar-refractivity contribution >= 4 is 27.8 Å². The maximum Gasteiger partial charge on any atom is 0.280 e. The van der Waals surface area contributed by atoms with E-state index < -0.39 is 16.9 Å². The molecule has 29 heavy (non-hydrogen) atoms. The molecule has 4 aromatic rings. The van der Waals surface area contributed by atoms with Crippen molar-refractivity contribution in [1.82, 2.24) is 19.2 Å². The number of hydrogen-bond acceptors (Lipinski definition) is 5. The van der Waals surface area contributed by atoms with E-state index in [1.54, 1.807) is 47.9 Å². The third-order valence-electron chi connectivity index (χ3n) is 4.80. The number of aromatic nitrogens is 4. The topological polar surface area (TPSA) is 98.9 Å². The second-order valence-corrected chi connectivity index (χ2v) is 6.74. The third-order valence-corrected chi connectivity index (χ3v) is 4.80. The number of nitrogens with one attached hydrogen (secondary N) is 1. The Bertz CT molecular complexity index is 1400. The van der Waals surface area contributed by atoms with Gasteiger partial charge < -0.3 is 4.57 Å². The highest BCUT2D eigenvalue weighted by atomic mass is 16.2. The van der Waals surface area contributed by atoms with E-state index in [-0.39, 0.29) is 5.56 Å². The fraction of sp³-hybridized carbons (Fsp3) is 0.190. The molecule has 0 fully saturated rings. The van der Waals surface area contributed by atoms with E-state index in [0.29, 0.717) is 34.3 Å². The van der Waals surface area contributed by atoms with E-state index in [9.17, 15) is 14.4 Å². The Kier molecular flexibility index (Phi) is 4.46. The zero-order valence-electron chi connectivity index (χ0n) is 16.3. The van der Waals surface area contributed by atoms with Crippen LogP contribution in [0.3, 0.4) is 0 Å². The molecule has 3 aromatic heterocycles. The van der Waals surface area contributed by atoms with Crippen LogP contribution in [0, 0.1) is 13.8 Å². The largest absolute Gasteiger partial charge is 0.332 e. The molecule has 0 atom stereocenters. The van der Waals surface area contributed by atoms with Gasteiger partial charge in [-0.2, -0.15) is 0 Å². The van der Waals surface area contributed by atoms with Gasteiger partial charge in [0.15, 0.2) is 0 Å². The van der Waals surface area contributed by atoms with Crippen molar-refractivity contribution < 1.29 is 4.79 Å². The van der Waals surface area contributed by atoms with Crippen molar-refractivity contribution in [3.63, 3.8) is 0 Å². The van der Waals surface area contributed by atoms with Gasteiger partial charge in [0.25, 0.3) is 11.5 Å². The van der Waals surface area contributed by atoms with Crippen LogP contribution in [0.4, 0.5) is 0 Å². The number of amides is 1. The predicted octanol–water partition coefficient (Wildman–Crippen LogP) is 2.13. The molecule has 1 N–H and O–H groups in total. The average molecular weight is 389 g/mol. The molecule has 0 unspecified atom stereocenters. The highest BCUT2D eigenvalue weighted by molar-refractivity contribution is 6.02. The standard InChI is InChI=1S/C21H19N5O3/c1-4-25-11-16(18(27)15-10-9-12(2)22-19(15)25)20(28)24-26-13(3)23-17-8-6-5-7-14(17)21(26)29/h5-11H,4H2,1-3H3,(H,24,28). The Balaban J connectivity index is 1.84. The molecule has 0 aliphatic rings. The average Bonchev–Trinajstić information content (AvgIpc) is 2.71. The minimum Gasteiger partial charge on any atom is -0.332 e. The highest BCUT2D eigenvalue weighted by Gasteiger charge is 2.18. The SMILES string of the molecule is CCn1cc(C(=O)Nn2c(C)nc3ccccc3c2=O)c(=O)c2ccc(C)nc21. The Morgan fingerprint density at radius 3 is 2.55 bits per heavy atom. The number of hydrogen-bond donors (Lipinski definition) is 1. The van der Waals surface area contributed by atoms with Crippen LogP contribution in [-0.2, 0) is 6.54 Å². The fourth-order valence-corrected chi connectivity index (χ4v) is 3.30. The van der Waals surface area contributed by atoms with E-state index >= 15 is 0 Å². The van der Waals surface area contributed by atoms with Crippen LogP contribution in [0.1, 0.15) is 28.8 Å². The summed E-state index contributed by atoms with van der Waals surface area (Å²) >= 11 is 0. The molecule has 1 amide bonds. The summed E-state index contributed by atoms with van der Waals surface area (Å²) in [6.07, 6.45) is 1.47. The van der Waals surface area contributed by atoms with E-state index in [2.05, 4.69) is 15.4 Å². The number of nitrogens with zero attached hydrogens (tertiary/aromatic N) is 4. The molecule has 0 saturated heterocycles. The van der Waals surface area contributed by atoms with Gasteiger partial charge in [-0.05, 0) is 45.0 Å². The van der Waals surface area contributed by atoms with Gasteiger partial charge in [-0.3, -0.25) is 19.8 Å². The summed E-state index contributed by atoms with van der Waals surface area (Å²) in [5, 5.41) is 0.730. The molecule has 146 valence electrons. The summed E-state index contributed by atoms with van der Waals surface area (Å²) in [5.41, 5.74) is 3.46. The molecule has 0 aliphatic heterocycles. The minimum absolute atomic E-state index is 0.0653. The maximum atomic E-state index is 12.9. The van der Waals surface area contributed by atoms with Gasteiger partial charge in [-0.15, -0.1) is 0 Å². The van der Waals surface area contributed by atoms with Crippen molar-refractivity contribution in [3.05, 3.63) is 80.3 Å². The van der Waals surface area contributed by atoms with E-state index in [1.165, 1.54) is 6.20 Å². The van der Waals surface area contributed by atoms with Crippen molar-refractivity contribution in [3.8, 4) is 0 Å². The third kappa shape index (κ3) is 3.08. The van der Waals surface area contributed by atoms with Crippen LogP contribution >= 0.6 is 0 Å². The molecule has 8 heteroatoms. The number of pyridine rings is 2. The zero-order chi connectivity index (χ0) is 20.7. The normalized spacial score (nSPS) is 11.1. The molecule has 3 heterocycles. The quantitative estimate of drug-likeness (QED) is 0.579. The Hall–Kier alpha value is -3.81. The Morgan fingerprint density at radius 1 is 1.03 bits per heavy atom. The lowest BCUT2D eigenvalue weighted by atomic mass is 10.1. The van der Waals surface area contributed by atoms with Gasteiger partial charge in [0.2, 0.25) is 5.43 Å². The first-order valence-corrected chi connectivity index (χ1v) is 9.21. The lowest BCUT2D eigenvalue weighted by Crippen LogP contribution is -2.37. The molecule has 0 spiro atoms. The number of carbonyl (C=O) groups excluding carboxylic acids is 1. The van der Waals surface area contributed by atoms with Crippen LogP contribution in [0.25, 0.3) is 21.9 Å². The van der Waals surface area contributed by atoms with E-state index in [0.717, 1.165) is 10.4 Å². The number of para-hydroxylation sites is 1. The van der Waals surface area contributed by atoms with Gasteiger partial charge in [0.05, 0.1) is 16.3 Å². The highest BCUT2D eigenvalue weighted by Crippen LogP contribution is 2.12. The molecule has 0 radical (unpaired) electrons. The first kappa shape index (κ1) is 18.5. The molecule has 4 rings (SSSR count). The summed E-state index contributed by atoms with van der Waals surface area (Å²) in [6, 6.07) is 10.3. The number of benzene rings is 1. The number of carbonyl (C=O) groups is 1. The summed E-state index contributed by atoms with van der Waals surface area (Å²) < 4.78 is 2.81. The van der Waals surface area contributed by atoms with Crippen molar-refractivity contribution in [2.45, 2.75) is 27.3 Å². The van der Waals surface area contributed by atoms with Crippen LogP contribution in [0.5, 0.6) is 0 Å². The van der Waals surface area contributed by atoms with Crippen LogP contribution in [-0.4, -0.2) is 25.1 Å². The Labute approximate surface area is 165 Å². The van der Waals surface area contributed by atoms with Gasteiger partial charge in [0.1, 0.15) is 17.0 Å². The first-order chi connectivity index (χ1) is 13.9. The lowest BCUT2D eigenvalue weighted by molar-refractivity contribution is 0.100. The maximum absolute atomic E-state index is 12.9. The molecular formula is C21H19N5O3. The molecule has 1 aromatic carbocycles. The molecule has 0 bridgehead atoms. The molecule has 8 nitrogen and oxygen atoms in total. The summed E-state index contributed by atoms with van der Waals surface area (Å²) in [5.74, 6) is -0.363. The summed E-state index contributed by atoms with van der Waals surface area (Å²) in [4.78, 5) is 47.4. The number of fused-ring (bicyclic) bond motifs is 2. The second kappa shape index (κ2) is 6.97. The van der Waals surface area contributed by atoms with Gasteiger partial charge in [0, 0.05) is 18.4 Å². The Morgan fingerprint density at radius 2 is 1.79 bits per heavy atom. The predicted molar refractivity (Wildman–Crippen MR) is 111 cm³/mol.